The van der Waals surface area contributed by atoms with Crippen LogP contribution in [-0.4, -0.2) is 31.7 Å². The maximum absolute atomic E-state index is 13.2. The van der Waals surface area contributed by atoms with Crippen LogP contribution in [0.5, 0.6) is 0 Å². The molecular weight excluding hydrogens is 285 g/mol. The molecule has 1 aliphatic carbocycles. The normalized spacial score (nSPS) is 31.0. The van der Waals surface area contributed by atoms with Crippen LogP contribution in [0.1, 0.15) is 29.5 Å². The second-order valence-electron chi connectivity index (χ2n) is 5.95. The molecule has 0 spiro atoms. The lowest BCUT2D eigenvalue weighted by Crippen LogP contribution is -2.37. The molecule has 2 atom stereocenters. The highest BCUT2D eigenvalue weighted by Crippen LogP contribution is 2.72. The number of hydrogen-bond donors (Lipinski definition) is 2. The summed E-state index contributed by atoms with van der Waals surface area (Å²) in [5, 5.41) is 5.40. The molecule has 0 unspecified atom stereocenters. The Bertz CT molecular complexity index is 569. The van der Waals surface area contributed by atoms with Crippen LogP contribution in [0.15, 0.2) is 16.7 Å². The van der Waals surface area contributed by atoms with E-state index in [1.165, 1.54) is 6.26 Å². The summed E-state index contributed by atoms with van der Waals surface area (Å²) >= 11 is 0. The number of nitrogens with one attached hydrogen (secondary N) is 2. The van der Waals surface area contributed by atoms with Gasteiger partial charge in [-0.2, -0.15) is 13.2 Å². The Morgan fingerprint density at radius 1 is 1.48 bits per heavy atom. The molecule has 21 heavy (non-hydrogen) atoms. The number of carbonyl (C=O) groups excluding carboxylic acids is 1. The van der Waals surface area contributed by atoms with E-state index in [9.17, 15) is 18.0 Å². The van der Waals surface area contributed by atoms with Gasteiger partial charge in [-0.25, -0.2) is 0 Å². The van der Waals surface area contributed by atoms with Crippen LogP contribution >= 0.6 is 0 Å². The fraction of sp³-hybridized carbons (Fsp3) is 0.643. The molecule has 7 heteroatoms. The fourth-order valence-electron chi connectivity index (χ4n) is 3.47. The number of aryl methyl sites for hydroxylation is 1. The topological polar surface area (TPSA) is 54.3 Å². The van der Waals surface area contributed by atoms with Gasteiger partial charge in [0.05, 0.1) is 11.7 Å². The number of halogens is 3. The van der Waals surface area contributed by atoms with Gasteiger partial charge in [-0.1, -0.05) is 6.92 Å². The SMILES string of the molecule is CCc1ccoc1C(=O)NC[C@@]12CNC[C@]1(C(F)(F)F)C2. The van der Waals surface area contributed by atoms with Crippen molar-refractivity contribution in [2.45, 2.75) is 25.9 Å². The predicted molar refractivity (Wildman–Crippen MR) is 68.8 cm³/mol. The molecule has 1 aromatic rings. The number of furan rings is 1. The summed E-state index contributed by atoms with van der Waals surface area (Å²) < 4.78 is 44.7. The van der Waals surface area contributed by atoms with Gasteiger partial charge in [0.2, 0.25) is 0 Å². The average Bonchev–Trinajstić information content (AvgIpc) is 2.80. The third-order valence-corrected chi connectivity index (χ3v) is 4.88. The third-order valence-electron chi connectivity index (χ3n) is 4.88. The largest absolute Gasteiger partial charge is 0.459 e. The first-order valence-corrected chi connectivity index (χ1v) is 6.97. The second kappa shape index (κ2) is 4.50. The zero-order chi connectivity index (χ0) is 15.3. The minimum Gasteiger partial charge on any atom is -0.459 e. The van der Waals surface area contributed by atoms with E-state index in [-0.39, 0.29) is 31.8 Å². The molecular formula is C14H17F3N2O2. The van der Waals surface area contributed by atoms with Crippen LogP contribution in [0.2, 0.25) is 0 Å². The van der Waals surface area contributed by atoms with Crippen LogP contribution in [0.25, 0.3) is 0 Å². The Kier molecular flexibility index (Phi) is 3.09. The van der Waals surface area contributed by atoms with Crippen molar-refractivity contribution in [3.05, 3.63) is 23.7 Å². The van der Waals surface area contributed by atoms with E-state index in [0.717, 1.165) is 5.56 Å². The Labute approximate surface area is 120 Å². The average molecular weight is 302 g/mol. The summed E-state index contributed by atoms with van der Waals surface area (Å²) in [5.74, 6) is -0.251. The van der Waals surface area contributed by atoms with E-state index >= 15 is 0 Å². The Morgan fingerprint density at radius 2 is 2.24 bits per heavy atom. The lowest BCUT2D eigenvalue weighted by Gasteiger charge is -2.20. The number of fused-ring (bicyclic) bond motifs is 1. The standard InChI is InChI=1S/C14H17F3N2O2/c1-2-9-3-4-21-10(9)11(20)19-7-12-5-13(12,8-18-6-12)14(15,16)17/h3-4,18H,2,5-8H2,1H3,(H,19,20)/t12-,13-/m1/s1. The summed E-state index contributed by atoms with van der Waals surface area (Å²) in [6, 6.07) is 1.70. The van der Waals surface area contributed by atoms with Crippen molar-refractivity contribution in [3.8, 4) is 0 Å². The first-order chi connectivity index (χ1) is 9.85. The molecule has 3 rings (SSSR count). The number of carbonyl (C=O) groups is 1. The van der Waals surface area contributed by atoms with Gasteiger partial charge < -0.3 is 15.1 Å². The van der Waals surface area contributed by atoms with Gasteiger partial charge in [0.1, 0.15) is 0 Å². The third kappa shape index (κ3) is 1.97. The second-order valence-corrected chi connectivity index (χ2v) is 5.95. The number of amides is 1. The zero-order valence-electron chi connectivity index (χ0n) is 11.6. The molecule has 2 heterocycles. The quantitative estimate of drug-likeness (QED) is 0.895. The van der Waals surface area contributed by atoms with Crippen molar-refractivity contribution in [2.75, 3.05) is 19.6 Å². The maximum Gasteiger partial charge on any atom is 0.396 e. The molecule has 1 aliphatic heterocycles. The minimum atomic E-state index is -4.24. The van der Waals surface area contributed by atoms with Crippen LogP contribution in [0.3, 0.4) is 0 Å². The molecule has 1 saturated carbocycles. The molecule has 1 aromatic heterocycles. The molecule has 2 fully saturated rings. The summed E-state index contributed by atoms with van der Waals surface area (Å²) in [6.45, 7) is 2.12. The lowest BCUT2D eigenvalue weighted by molar-refractivity contribution is -0.190. The van der Waals surface area contributed by atoms with Crippen molar-refractivity contribution in [1.29, 1.82) is 0 Å². The van der Waals surface area contributed by atoms with E-state index < -0.39 is 22.9 Å². The minimum absolute atomic E-state index is 0.0161. The van der Waals surface area contributed by atoms with Crippen LogP contribution in [-0.2, 0) is 6.42 Å². The van der Waals surface area contributed by atoms with Crippen LogP contribution in [0.4, 0.5) is 13.2 Å². The summed E-state index contributed by atoms with van der Waals surface area (Å²) in [4.78, 5) is 12.1. The van der Waals surface area contributed by atoms with Gasteiger partial charge in [-0.05, 0) is 18.9 Å². The Balaban J connectivity index is 1.68. The molecule has 0 aromatic carbocycles. The van der Waals surface area contributed by atoms with Crippen molar-refractivity contribution in [1.82, 2.24) is 10.6 Å². The Hall–Kier alpha value is -1.50. The summed E-state index contributed by atoms with van der Waals surface area (Å²) in [6.07, 6.45) is -2.10. The van der Waals surface area contributed by atoms with Crippen molar-refractivity contribution in [3.63, 3.8) is 0 Å². The van der Waals surface area contributed by atoms with Gasteiger partial charge in [0.15, 0.2) is 5.76 Å². The number of alkyl halides is 3. The molecule has 2 aliphatic rings. The van der Waals surface area contributed by atoms with E-state index in [1.54, 1.807) is 6.07 Å². The molecule has 1 saturated heterocycles. The van der Waals surface area contributed by atoms with Gasteiger partial charge in [-0.3, -0.25) is 4.79 Å². The van der Waals surface area contributed by atoms with E-state index in [0.29, 0.717) is 6.42 Å². The zero-order valence-corrected chi connectivity index (χ0v) is 11.6. The summed E-state index contributed by atoms with van der Waals surface area (Å²) in [5.41, 5.74) is -1.82. The number of hydrogen-bond acceptors (Lipinski definition) is 3. The first-order valence-electron chi connectivity index (χ1n) is 6.97. The van der Waals surface area contributed by atoms with Gasteiger partial charge in [0.25, 0.3) is 5.91 Å². The van der Waals surface area contributed by atoms with Crippen molar-refractivity contribution >= 4 is 5.91 Å². The highest BCUT2D eigenvalue weighted by Gasteiger charge is 2.81. The maximum atomic E-state index is 13.2. The van der Waals surface area contributed by atoms with E-state index in [2.05, 4.69) is 10.6 Å². The van der Waals surface area contributed by atoms with Gasteiger partial charge >= 0.3 is 6.18 Å². The molecule has 1 amide bonds. The lowest BCUT2D eigenvalue weighted by atomic mass is 9.95. The van der Waals surface area contributed by atoms with E-state index in [4.69, 9.17) is 4.42 Å². The number of piperidine rings is 1. The highest BCUT2D eigenvalue weighted by molar-refractivity contribution is 5.92. The van der Waals surface area contributed by atoms with E-state index in [1.807, 2.05) is 6.92 Å². The Morgan fingerprint density at radius 3 is 2.86 bits per heavy atom. The van der Waals surface area contributed by atoms with Gasteiger partial charge in [-0.15, -0.1) is 0 Å². The predicted octanol–water partition coefficient (Wildman–Crippen LogP) is 2.11. The molecule has 0 radical (unpaired) electrons. The number of rotatable bonds is 4. The highest BCUT2D eigenvalue weighted by atomic mass is 19.4. The monoisotopic (exact) mass is 302 g/mol. The van der Waals surface area contributed by atoms with Crippen LogP contribution in [0, 0.1) is 10.8 Å². The molecule has 4 nitrogen and oxygen atoms in total. The van der Waals surface area contributed by atoms with Crippen LogP contribution < -0.4 is 10.6 Å². The smallest absolute Gasteiger partial charge is 0.396 e. The van der Waals surface area contributed by atoms with Gasteiger partial charge in [0, 0.05) is 30.6 Å². The first kappa shape index (κ1) is 14.4. The molecule has 0 bridgehead atoms. The van der Waals surface area contributed by atoms with Crippen molar-refractivity contribution < 1.29 is 22.4 Å². The van der Waals surface area contributed by atoms with Crippen molar-refractivity contribution in [2.24, 2.45) is 10.8 Å². The molecule has 2 N–H and O–H groups in total. The summed E-state index contributed by atoms with van der Waals surface area (Å²) in [7, 11) is 0. The molecule has 116 valence electrons. The fourth-order valence-corrected chi connectivity index (χ4v) is 3.47.